The Balaban J connectivity index is 3.02. The number of carbonyl (C=O) groups is 1. The quantitative estimate of drug-likeness (QED) is 0.588. The topological polar surface area (TPSA) is 44.8 Å². The van der Waals surface area contributed by atoms with E-state index in [2.05, 4.69) is 26.5 Å². The lowest BCUT2D eigenvalue weighted by atomic mass is 9.85. The Kier molecular flexibility index (Phi) is 6.89. The van der Waals surface area contributed by atoms with Crippen molar-refractivity contribution in [3.8, 4) is 11.5 Å². The molecule has 0 fully saturated rings. The molecule has 0 aromatic heterocycles. The van der Waals surface area contributed by atoms with Crippen molar-refractivity contribution in [1.29, 1.82) is 0 Å². The molecule has 0 radical (unpaired) electrons. The Hall–Kier alpha value is -1.36. The molecular formula is C16H24O4S. The second-order valence-electron chi connectivity index (χ2n) is 5.01. The Morgan fingerprint density at radius 3 is 2.38 bits per heavy atom. The average molecular weight is 312 g/mol. The first-order valence-electron chi connectivity index (χ1n) is 7.05. The molecular weight excluding hydrogens is 288 g/mol. The van der Waals surface area contributed by atoms with Gasteiger partial charge in [0.25, 0.3) is 0 Å². The maximum Gasteiger partial charge on any atom is 0.341 e. The van der Waals surface area contributed by atoms with E-state index in [-0.39, 0.29) is 5.41 Å². The highest BCUT2D eigenvalue weighted by atomic mass is 32.1. The lowest BCUT2D eigenvalue weighted by molar-refractivity contribution is 0.0592. The van der Waals surface area contributed by atoms with Crippen LogP contribution in [0.5, 0.6) is 11.5 Å². The minimum atomic E-state index is -0.419. The number of thiol groups is 1. The van der Waals surface area contributed by atoms with Gasteiger partial charge in [0.1, 0.15) is 17.1 Å². The summed E-state index contributed by atoms with van der Waals surface area (Å²) in [5.74, 6) is 1.44. The first kappa shape index (κ1) is 17.7. The molecule has 0 unspecified atom stereocenters. The SMILES string of the molecule is CCC(CC)(CS)COc1cc(OC)ccc1C(=O)OC. The molecule has 0 aliphatic carbocycles. The third kappa shape index (κ3) is 4.30. The number of methoxy groups -OCH3 is 2. The summed E-state index contributed by atoms with van der Waals surface area (Å²) in [7, 11) is 2.93. The molecule has 0 aliphatic heterocycles. The van der Waals surface area contributed by atoms with Crippen molar-refractivity contribution in [3.05, 3.63) is 23.8 Å². The fourth-order valence-electron chi connectivity index (χ4n) is 1.98. The normalized spacial score (nSPS) is 11.1. The zero-order valence-electron chi connectivity index (χ0n) is 13.1. The van der Waals surface area contributed by atoms with Gasteiger partial charge >= 0.3 is 5.97 Å². The van der Waals surface area contributed by atoms with E-state index in [9.17, 15) is 4.79 Å². The van der Waals surface area contributed by atoms with E-state index in [1.165, 1.54) is 7.11 Å². The minimum absolute atomic E-state index is 0.000420. The maximum absolute atomic E-state index is 11.8. The summed E-state index contributed by atoms with van der Waals surface area (Å²) in [5.41, 5.74) is 0.401. The van der Waals surface area contributed by atoms with Crippen LogP contribution in [0.15, 0.2) is 18.2 Å². The van der Waals surface area contributed by atoms with Gasteiger partial charge in [0.15, 0.2) is 0 Å². The van der Waals surface area contributed by atoms with E-state index in [0.29, 0.717) is 23.7 Å². The molecule has 0 saturated heterocycles. The van der Waals surface area contributed by atoms with E-state index >= 15 is 0 Å². The van der Waals surface area contributed by atoms with Crippen LogP contribution >= 0.6 is 12.6 Å². The highest BCUT2D eigenvalue weighted by Gasteiger charge is 2.26. The Bertz CT molecular complexity index is 461. The molecule has 0 aliphatic rings. The maximum atomic E-state index is 11.8. The van der Waals surface area contributed by atoms with Gasteiger partial charge in [-0.2, -0.15) is 12.6 Å². The van der Waals surface area contributed by atoms with Gasteiger partial charge in [-0.3, -0.25) is 0 Å². The second kappa shape index (κ2) is 8.17. The molecule has 0 heterocycles. The summed E-state index contributed by atoms with van der Waals surface area (Å²) < 4.78 is 15.9. The minimum Gasteiger partial charge on any atom is -0.497 e. The van der Waals surface area contributed by atoms with Crippen LogP contribution in [0, 0.1) is 5.41 Å². The molecule has 5 heteroatoms. The van der Waals surface area contributed by atoms with E-state index in [4.69, 9.17) is 14.2 Å². The lowest BCUT2D eigenvalue weighted by Crippen LogP contribution is -2.29. The van der Waals surface area contributed by atoms with E-state index in [0.717, 1.165) is 18.6 Å². The number of hydrogen-bond donors (Lipinski definition) is 1. The van der Waals surface area contributed by atoms with Crippen LogP contribution < -0.4 is 9.47 Å². The highest BCUT2D eigenvalue weighted by Crippen LogP contribution is 2.31. The van der Waals surface area contributed by atoms with Gasteiger partial charge in [-0.25, -0.2) is 4.79 Å². The van der Waals surface area contributed by atoms with Gasteiger partial charge < -0.3 is 14.2 Å². The molecule has 118 valence electrons. The number of benzene rings is 1. The fourth-order valence-corrected chi connectivity index (χ4v) is 2.52. The average Bonchev–Trinajstić information content (AvgIpc) is 2.55. The largest absolute Gasteiger partial charge is 0.497 e. The van der Waals surface area contributed by atoms with Crippen molar-refractivity contribution in [2.24, 2.45) is 5.41 Å². The van der Waals surface area contributed by atoms with Crippen molar-refractivity contribution in [2.75, 3.05) is 26.6 Å². The molecule has 1 aromatic carbocycles. The third-order valence-electron chi connectivity index (χ3n) is 3.96. The predicted molar refractivity (Wildman–Crippen MR) is 86.7 cm³/mol. The number of ether oxygens (including phenoxy) is 3. The van der Waals surface area contributed by atoms with Gasteiger partial charge in [-0.15, -0.1) is 0 Å². The van der Waals surface area contributed by atoms with Crippen LogP contribution in [-0.4, -0.2) is 32.5 Å². The molecule has 0 saturated carbocycles. The van der Waals surface area contributed by atoms with Gasteiger partial charge in [-0.05, 0) is 30.7 Å². The lowest BCUT2D eigenvalue weighted by Gasteiger charge is -2.30. The predicted octanol–water partition coefficient (Wildman–Crippen LogP) is 3.60. The number of esters is 1. The van der Waals surface area contributed by atoms with Crippen LogP contribution in [0.2, 0.25) is 0 Å². The Morgan fingerprint density at radius 1 is 1.24 bits per heavy atom. The van der Waals surface area contributed by atoms with Crippen LogP contribution in [-0.2, 0) is 4.74 Å². The Morgan fingerprint density at radius 2 is 1.90 bits per heavy atom. The number of rotatable bonds is 8. The van der Waals surface area contributed by atoms with Crippen molar-refractivity contribution in [2.45, 2.75) is 26.7 Å². The van der Waals surface area contributed by atoms with Gasteiger partial charge in [-0.1, -0.05) is 13.8 Å². The highest BCUT2D eigenvalue weighted by molar-refractivity contribution is 7.80. The molecule has 1 aromatic rings. The summed E-state index contributed by atoms with van der Waals surface area (Å²) in [6.45, 7) is 4.74. The summed E-state index contributed by atoms with van der Waals surface area (Å²) in [5, 5.41) is 0. The van der Waals surface area contributed by atoms with Crippen molar-refractivity contribution < 1.29 is 19.0 Å². The smallest absolute Gasteiger partial charge is 0.341 e. The van der Waals surface area contributed by atoms with Crippen molar-refractivity contribution >= 4 is 18.6 Å². The molecule has 1 rings (SSSR count). The number of carbonyl (C=O) groups excluding carboxylic acids is 1. The van der Waals surface area contributed by atoms with E-state index < -0.39 is 5.97 Å². The first-order chi connectivity index (χ1) is 10.1. The van der Waals surface area contributed by atoms with Crippen LogP contribution in [0.3, 0.4) is 0 Å². The van der Waals surface area contributed by atoms with Crippen LogP contribution in [0.1, 0.15) is 37.0 Å². The van der Waals surface area contributed by atoms with Crippen LogP contribution in [0.25, 0.3) is 0 Å². The summed E-state index contributed by atoms with van der Waals surface area (Å²) >= 11 is 4.44. The summed E-state index contributed by atoms with van der Waals surface area (Å²) in [4.78, 5) is 11.8. The standard InChI is InChI=1S/C16H24O4S/c1-5-16(6-2,11-21)10-20-14-9-12(18-3)7-8-13(14)15(17)19-4/h7-9,21H,5-6,10-11H2,1-4H3. The van der Waals surface area contributed by atoms with Crippen molar-refractivity contribution in [3.63, 3.8) is 0 Å². The first-order valence-corrected chi connectivity index (χ1v) is 7.69. The fraction of sp³-hybridized carbons (Fsp3) is 0.562. The molecule has 0 spiro atoms. The molecule has 0 bridgehead atoms. The zero-order valence-corrected chi connectivity index (χ0v) is 14.0. The molecule has 0 atom stereocenters. The monoisotopic (exact) mass is 312 g/mol. The third-order valence-corrected chi connectivity index (χ3v) is 4.63. The molecule has 0 N–H and O–H groups in total. The molecule has 0 amide bonds. The zero-order chi connectivity index (χ0) is 15.9. The van der Waals surface area contributed by atoms with E-state index in [1.54, 1.807) is 25.3 Å². The second-order valence-corrected chi connectivity index (χ2v) is 5.32. The molecule has 21 heavy (non-hydrogen) atoms. The van der Waals surface area contributed by atoms with Gasteiger partial charge in [0.05, 0.1) is 20.8 Å². The van der Waals surface area contributed by atoms with Crippen LogP contribution in [0.4, 0.5) is 0 Å². The van der Waals surface area contributed by atoms with E-state index in [1.807, 2.05) is 0 Å². The molecule has 4 nitrogen and oxygen atoms in total. The van der Waals surface area contributed by atoms with Gasteiger partial charge in [0.2, 0.25) is 0 Å². The Labute approximate surface area is 132 Å². The number of hydrogen-bond acceptors (Lipinski definition) is 5. The summed E-state index contributed by atoms with van der Waals surface area (Å²) in [6, 6.07) is 5.08. The van der Waals surface area contributed by atoms with Crippen molar-refractivity contribution in [1.82, 2.24) is 0 Å². The summed E-state index contributed by atoms with van der Waals surface area (Å²) in [6.07, 6.45) is 1.93. The van der Waals surface area contributed by atoms with Gasteiger partial charge in [0, 0.05) is 11.5 Å².